The van der Waals surface area contributed by atoms with Gasteiger partial charge in [0, 0.05) is 45.4 Å². The number of hydrogen-bond acceptors (Lipinski definition) is 5. The highest BCUT2D eigenvalue weighted by atomic mass is 32.2. The number of carbonyl (C=O) groups is 2. The van der Waals surface area contributed by atoms with E-state index in [0.29, 0.717) is 39.3 Å². The summed E-state index contributed by atoms with van der Waals surface area (Å²) in [5.74, 6) is 0.144. The highest BCUT2D eigenvalue weighted by Crippen LogP contribution is 2.24. The smallest absolute Gasteiger partial charge is 0.223 e. The van der Waals surface area contributed by atoms with Crippen molar-refractivity contribution in [1.29, 1.82) is 0 Å². The molecule has 1 fully saturated rings. The molecule has 1 aliphatic heterocycles. The van der Waals surface area contributed by atoms with Crippen LogP contribution < -0.4 is 0 Å². The molecule has 0 aromatic carbocycles. The lowest BCUT2D eigenvalue weighted by atomic mass is 10.4. The van der Waals surface area contributed by atoms with E-state index >= 15 is 0 Å². The van der Waals surface area contributed by atoms with Crippen molar-refractivity contribution in [3.05, 3.63) is 0 Å². The van der Waals surface area contributed by atoms with E-state index in [0.717, 1.165) is 6.42 Å². The molecule has 0 radical (unpaired) electrons. The minimum absolute atomic E-state index is 0.0811. The number of rotatable bonds is 8. The summed E-state index contributed by atoms with van der Waals surface area (Å²) < 4.78 is 10.2. The van der Waals surface area contributed by atoms with Crippen molar-refractivity contribution in [1.82, 2.24) is 4.90 Å². The van der Waals surface area contributed by atoms with Crippen LogP contribution >= 0.6 is 11.8 Å². The van der Waals surface area contributed by atoms with Crippen LogP contribution in [-0.4, -0.2) is 61.2 Å². The Morgan fingerprint density at radius 2 is 2.22 bits per heavy atom. The SMILES string of the molecule is COCCOCCCN1CC(SC(C)=O)CC1=O. The van der Waals surface area contributed by atoms with Crippen molar-refractivity contribution in [2.24, 2.45) is 0 Å². The number of ether oxygens (including phenoxy) is 2. The lowest BCUT2D eigenvalue weighted by Gasteiger charge is -2.16. The zero-order valence-corrected chi connectivity index (χ0v) is 11.8. The van der Waals surface area contributed by atoms with Crippen LogP contribution in [0, 0.1) is 0 Å². The molecule has 6 heteroatoms. The second-order valence-corrected chi connectivity index (χ2v) is 5.71. The maximum atomic E-state index is 11.7. The summed E-state index contributed by atoms with van der Waals surface area (Å²) in [6.07, 6.45) is 1.31. The van der Waals surface area contributed by atoms with E-state index in [-0.39, 0.29) is 16.3 Å². The number of carbonyl (C=O) groups excluding carboxylic acids is 2. The first kappa shape index (κ1) is 15.5. The average molecular weight is 275 g/mol. The van der Waals surface area contributed by atoms with Crippen molar-refractivity contribution in [3.63, 3.8) is 0 Å². The Morgan fingerprint density at radius 3 is 2.89 bits per heavy atom. The summed E-state index contributed by atoms with van der Waals surface area (Å²) in [5.41, 5.74) is 0. The Bertz CT molecular complexity index is 285. The number of amides is 1. The van der Waals surface area contributed by atoms with Crippen molar-refractivity contribution in [2.45, 2.75) is 25.0 Å². The van der Waals surface area contributed by atoms with Crippen molar-refractivity contribution < 1.29 is 19.1 Å². The van der Waals surface area contributed by atoms with Crippen LogP contribution in [-0.2, 0) is 19.1 Å². The Hall–Kier alpha value is -0.590. The Morgan fingerprint density at radius 1 is 1.44 bits per heavy atom. The van der Waals surface area contributed by atoms with Gasteiger partial charge < -0.3 is 14.4 Å². The highest BCUT2D eigenvalue weighted by molar-refractivity contribution is 8.14. The summed E-state index contributed by atoms with van der Waals surface area (Å²) in [7, 11) is 1.64. The van der Waals surface area contributed by atoms with Gasteiger partial charge >= 0.3 is 0 Å². The lowest BCUT2D eigenvalue weighted by molar-refractivity contribution is -0.127. The minimum atomic E-state index is 0.0811. The van der Waals surface area contributed by atoms with Gasteiger partial charge in [0.1, 0.15) is 0 Å². The molecule has 0 spiro atoms. The van der Waals surface area contributed by atoms with Gasteiger partial charge in [-0.15, -0.1) is 0 Å². The molecule has 1 unspecified atom stereocenters. The van der Waals surface area contributed by atoms with Crippen molar-refractivity contribution in [2.75, 3.05) is 40.0 Å². The zero-order valence-electron chi connectivity index (χ0n) is 11.0. The molecule has 18 heavy (non-hydrogen) atoms. The topological polar surface area (TPSA) is 55.8 Å². The number of thioether (sulfide) groups is 1. The molecule has 0 bridgehead atoms. The minimum Gasteiger partial charge on any atom is -0.382 e. The molecule has 104 valence electrons. The molecule has 1 atom stereocenters. The second-order valence-electron chi connectivity index (χ2n) is 4.23. The van der Waals surface area contributed by atoms with Gasteiger partial charge in [-0.3, -0.25) is 9.59 Å². The molecule has 0 aliphatic carbocycles. The summed E-state index contributed by atoms with van der Waals surface area (Å²) in [6.45, 7) is 4.76. The molecule has 0 N–H and O–H groups in total. The van der Waals surface area contributed by atoms with Gasteiger partial charge in [-0.2, -0.15) is 0 Å². The maximum absolute atomic E-state index is 11.7. The van der Waals surface area contributed by atoms with E-state index in [9.17, 15) is 9.59 Å². The van der Waals surface area contributed by atoms with Gasteiger partial charge in [0.05, 0.1) is 13.2 Å². The van der Waals surface area contributed by atoms with Crippen LogP contribution in [0.1, 0.15) is 19.8 Å². The fraction of sp³-hybridized carbons (Fsp3) is 0.833. The van der Waals surface area contributed by atoms with E-state index < -0.39 is 0 Å². The molecule has 1 saturated heterocycles. The summed E-state index contributed by atoms with van der Waals surface area (Å²) in [6, 6.07) is 0. The molecule has 1 amide bonds. The fourth-order valence-electron chi connectivity index (χ4n) is 1.87. The number of likely N-dealkylation sites (tertiary alicyclic amines) is 1. The maximum Gasteiger partial charge on any atom is 0.223 e. The molecule has 1 aliphatic rings. The predicted octanol–water partition coefficient (Wildman–Crippen LogP) is 0.920. The highest BCUT2D eigenvalue weighted by Gasteiger charge is 2.30. The first-order valence-electron chi connectivity index (χ1n) is 6.15. The normalized spacial score (nSPS) is 19.6. The van der Waals surface area contributed by atoms with Crippen LogP contribution in [0.3, 0.4) is 0 Å². The largest absolute Gasteiger partial charge is 0.382 e. The first-order chi connectivity index (χ1) is 8.63. The van der Waals surface area contributed by atoms with Gasteiger partial charge in [-0.25, -0.2) is 0 Å². The third-order valence-corrected chi connectivity index (χ3v) is 3.64. The number of nitrogens with zero attached hydrogens (tertiary/aromatic N) is 1. The standard InChI is InChI=1S/C12H21NO4S/c1-10(14)18-11-8-12(15)13(9-11)4-3-5-17-7-6-16-2/h11H,3-9H2,1-2H3. The third-order valence-electron chi connectivity index (χ3n) is 2.66. The van der Waals surface area contributed by atoms with E-state index in [4.69, 9.17) is 9.47 Å². The van der Waals surface area contributed by atoms with Crippen LogP contribution in [0.25, 0.3) is 0 Å². The quantitative estimate of drug-likeness (QED) is 0.617. The molecule has 0 aromatic heterocycles. The molecular weight excluding hydrogens is 254 g/mol. The van der Waals surface area contributed by atoms with Gasteiger partial charge in [0.2, 0.25) is 5.91 Å². The zero-order chi connectivity index (χ0) is 13.4. The van der Waals surface area contributed by atoms with Crippen LogP contribution in [0.2, 0.25) is 0 Å². The van der Waals surface area contributed by atoms with Crippen LogP contribution in [0.15, 0.2) is 0 Å². The summed E-state index contributed by atoms with van der Waals surface area (Å²) >= 11 is 1.27. The van der Waals surface area contributed by atoms with E-state index in [2.05, 4.69) is 0 Å². The molecule has 0 saturated carbocycles. The van der Waals surface area contributed by atoms with Crippen LogP contribution in [0.4, 0.5) is 0 Å². The van der Waals surface area contributed by atoms with E-state index in [1.165, 1.54) is 11.8 Å². The molecule has 0 aromatic rings. The summed E-state index contributed by atoms with van der Waals surface area (Å²) in [5, 5.41) is 0.210. The second kappa shape index (κ2) is 8.50. The van der Waals surface area contributed by atoms with Gasteiger partial charge in [0.25, 0.3) is 0 Å². The van der Waals surface area contributed by atoms with Gasteiger partial charge in [-0.1, -0.05) is 11.8 Å². The van der Waals surface area contributed by atoms with E-state index in [1.807, 2.05) is 4.90 Å². The predicted molar refractivity (Wildman–Crippen MR) is 70.6 cm³/mol. The van der Waals surface area contributed by atoms with Gasteiger partial charge in [-0.05, 0) is 6.42 Å². The third kappa shape index (κ3) is 5.84. The molecular formula is C12H21NO4S. The van der Waals surface area contributed by atoms with E-state index in [1.54, 1.807) is 14.0 Å². The lowest BCUT2D eigenvalue weighted by Crippen LogP contribution is -2.27. The van der Waals surface area contributed by atoms with Crippen molar-refractivity contribution >= 4 is 22.8 Å². The molecule has 1 heterocycles. The number of hydrogen-bond donors (Lipinski definition) is 0. The Kier molecular flexibility index (Phi) is 7.31. The first-order valence-corrected chi connectivity index (χ1v) is 7.03. The monoisotopic (exact) mass is 275 g/mol. The Labute approximate surface area is 112 Å². The summed E-state index contributed by atoms with van der Waals surface area (Å²) in [4.78, 5) is 24.5. The molecule has 5 nitrogen and oxygen atoms in total. The fourth-order valence-corrected chi connectivity index (χ4v) is 2.82. The van der Waals surface area contributed by atoms with Crippen molar-refractivity contribution in [3.8, 4) is 0 Å². The average Bonchev–Trinajstić information content (AvgIpc) is 2.63. The Balaban J connectivity index is 2.11. The number of methoxy groups -OCH3 is 1. The van der Waals surface area contributed by atoms with Crippen LogP contribution in [0.5, 0.6) is 0 Å². The molecule has 1 rings (SSSR count). The van der Waals surface area contributed by atoms with Gasteiger partial charge in [0.15, 0.2) is 5.12 Å².